The molecule has 0 aromatic heterocycles. The van der Waals surface area contributed by atoms with Crippen molar-refractivity contribution in [3.63, 3.8) is 0 Å². The fourth-order valence-electron chi connectivity index (χ4n) is 0.504. The summed E-state index contributed by atoms with van der Waals surface area (Å²) in [5, 5.41) is 0. The summed E-state index contributed by atoms with van der Waals surface area (Å²) in [6.45, 7) is 9.00. The minimum absolute atomic E-state index is 0.267. The van der Waals surface area contributed by atoms with Gasteiger partial charge in [0.15, 0.2) is 8.32 Å². The van der Waals surface area contributed by atoms with E-state index in [2.05, 4.69) is 33.0 Å². The van der Waals surface area contributed by atoms with Crippen LogP contribution in [0.4, 0.5) is 0 Å². The average Bonchev–Trinajstić information content (AvgIpc) is 1.89. The van der Waals surface area contributed by atoms with Gasteiger partial charge in [-0.2, -0.15) is 0 Å². The van der Waals surface area contributed by atoms with Crippen molar-refractivity contribution < 1.29 is 4.12 Å². The molecule has 0 fully saturated rings. The quantitative estimate of drug-likeness (QED) is 0.458. The highest BCUT2D eigenvalue weighted by Gasteiger charge is 2.17. The molecule has 0 bridgehead atoms. The van der Waals surface area contributed by atoms with Crippen LogP contribution in [0, 0.1) is 6.04 Å². The van der Waals surface area contributed by atoms with Crippen LogP contribution in [0.5, 0.6) is 0 Å². The highest BCUT2D eigenvalue weighted by Crippen LogP contribution is 2.08. The average molecular weight is 175 g/mol. The zero-order chi connectivity index (χ0) is 8.04. The van der Waals surface area contributed by atoms with Gasteiger partial charge < -0.3 is 4.12 Å². The molecular formula is C7H19OSi2. The lowest BCUT2D eigenvalue weighted by Crippen LogP contribution is -2.30. The van der Waals surface area contributed by atoms with Crippen molar-refractivity contribution in [3.05, 3.63) is 6.04 Å². The van der Waals surface area contributed by atoms with E-state index in [1.165, 1.54) is 12.5 Å². The first-order valence-corrected chi connectivity index (χ1v) is 8.59. The Bertz CT molecular complexity index is 83.7. The van der Waals surface area contributed by atoms with Gasteiger partial charge in [0.25, 0.3) is 0 Å². The summed E-state index contributed by atoms with van der Waals surface area (Å²) in [7, 11) is -1.45. The molecule has 61 valence electrons. The van der Waals surface area contributed by atoms with Gasteiger partial charge in [-0.3, -0.25) is 0 Å². The first-order chi connectivity index (χ1) is 4.62. The fourth-order valence-corrected chi connectivity index (χ4v) is 3.83. The van der Waals surface area contributed by atoms with E-state index in [1.807, 2.05) is 0 Å². The van der Waals surface area contributed by atoms with Crippen molar-refractivity contribution in [3.8, 4) is 0 Å². The van der Waals surface area contributed by atoms with Crippen LogP contribution in [0.1, 0.15) is 20.3 Å². The third kappa shape index (κ3) is 5.20. The Labute approximate surface area is 68.2 Å². The normalized spacial score (nSPS) is 13.2. The highest BCUT2D eigenvalue weighted by molar-refractivity contribution is 6.75. The van der Waals surface area contributed by atoms with Gasteiger partial charge in [-0.05, 0) is 25.2 Å². The van der Waals surface area contributed by atoms with Crippen LogP contribution in [0.2, 0.25) is 19.1 Å². The molecule has 0 amide bonds. The van der Waals surface area contributed by atoms with Crippen LogP contribution in [0.25, 0.3) is 0 Å². The summed E-state index contributed by atoms with van der Waals surface area (Å²) in [5.74, 6) is 0. The van der Waals surface area contributed by atoms with Gasteiger partial charge in [0.1, 0.15) is 9.76 Å². The zero-order valence-corrected chi connectivity index (χ0v) is 10.0. The van der Waals surface area contributed by atoms with Crippen molar-refractivity contribution >= 4 is 18.1 Å². The summed E-state index contributed by atoms with van der Waals surface area (Å²) < 4.78 is 5.84. The topological polar surface area (TPSA) is 9.23 Å². The SMILES string of the molecule is CC[CH][SiH2]O[Si](C)(C)CC. The maximum atomic E-state index is 5.84. The molecular weight excluding hydrogens is 156 g/mol. The van der Waals surface area contributed by atoms with E-state index in [1.54, 1.807) is 0 Å². The van der Waals surface area contributed by atoms with Crippen LogP contribution in [-0.4, -0.2) is 18.1 Å². The predicted molar refractivity (Wildman–Crippen MR) is 52.2 cm³/mol. The van der Waals surface area contributed by atoms with Crippen LogP contribution in [0.15, 0.2) is 0 Å². The Morgan fingerprint density at radius 2 is 2.00 bits per heavy atom. The minimum atomic E-state index is -1.18. The summed E-state index contributed by atoms with van der Waals surface area (Å²) in [6.07, 6.45) is 1.18. The molecule has 0 aromatic carbocycles. The second kappa shape index (κ2) is 5.10. The molecule has 3 heteroatoms. The number of rotatable bonds is 5. The molecule has 0 N–H and O–H groups in total. The van der Waals surface area contributed by atoms with Crippen LogP contribution >= 0.6 is 0 Å². The van der Waals surface area contributed by atoms with Gasteiger partial charge >= 0.3 is 0 Å². The molecule has 0 saturated carbocycles. The molecule has 0 heterocycles. The van der Waals surface area contributed by atoms with Gasteiger partial charge in [0, 0.05) is 0 Å². The Balaban J connectivity index is 3.28. The Kier molecular flexibility index (Phi) is 5.30. The molecule has 0 aliphatic carbocycles. The van der Waals surface area contributed by atoms with Crippen molar-refractivity contribution in [2.45, 2.75) is 39.4 Å². The lowest BCUT2D eigenvalue weighted by molar-refractivity contribution is 0.591. The molecule has 1 radical (unpaired) electrons. The molecule has 0 unspecified atom stereocenters. The smallest absolute Gasteiger partial charge is 0.172 e. The maximum Gasteiger partial charge on any atom is 0.172 e. The second-order valence-electron chi connectivity index (χ2n) is 3.12. The van der Waals surface area contributed by atoms with E-state index in [0.29, 0.717) is 0 Å². The summed E-state index contributed by atoms with van der Waals surface area (Å²) in [5.41, 5.74) is 0. The van der Waals surface area contributed by atoms with Gasteiger partial charge in [-0.25, -0.2) is 0 Å². The molecule has 10 heavy (non-hydrogen) atoms. The van der Waals surface area contributed by atoms with E-state index in [0.717, 1.165) is 0 Å². The van der Waals surface area contributed by atoms with E-state index < -0.39 is 8.32 Å². The Hall–Kier alpha value is 0.394. The van der Waals surface area contributed by atoms with Crippen LogP contribution in [0.3, 0.4) is 0 Å². The Morgan fingerprint density at radius 3 is 2.40 bits per heavy atom. The molecule has 0 saturated heterocycles. The van der Waals surface area contributed by atoms with Gasteiger partial charge in [0.05, 0.1) is 0 Å². The minimum Gasteiger partial charge on any atom is -0.460 e. The van der Waals surface area contributed by atoms with E-state index >= 15 is 0 Å². The number of hydrogen-bond donors (Lipinski definition) is 0. The molecule has 0 rings (SSSR count). The molecule has 0 spiro atoms. The monoisotopic (exact) mass is 175 g/mol. The maximum absolute atomic E-state index is 5.84. The predicted octanol–water partition coefficient (Wildman–Crippen LogP) is 1.88. The third-order valence-electron chi connectivity index (χ3n) is 1.73. The first-order valence-electron chi connectivity index (χ1n) is 4.08. The molecule has 0 aromatic rings. The van der Waals surface area contributed by atoms with Gasteiger partial charge in [0.2, 0.25) is 0 Å². The summed E-state index contributed by atoms with van der Waals surface area (Å²) in [4.78, 5) is 0. The largest absolute Gasteiger partial charge is 0.460 e. The summed E-state index contributed by atoms with van der Waals surface area (Å²) >= 11 is 0. The van der Waals surface area contributed by atoms with Crippen LogP contribution < -0.4 is 0 Å². The first kappa shape index (κ1) is 10.4. The number of hydrogen-bond acceptors (Lipinski definition) is 1. The zero-order valence-electron chi connectivity index (χ0n) is 7.61. The van der Waals surface area contributed by atoms with E-state index in [-0.39, 0.29) is 9.76 Å². The highest BCUT2D eigenvalue weighted by atomic mass is 28.4. The Morgan fingerprint density at radius 1 is 1.40 bits per heavy atom. The lowest BCUT2D eigenvalue weighted by Gasteiger charge is -2.20. The second-order valence-corrected chi connectivity index (χ2v) is 9.41. The summed E-state index contributed by atoms with van der Waals surface area (Å²) in [6, 6.07) is 3.57. The van der Waals surface area contributed by atoms with E-state index in [4.69, 9.17) is 4.12 Å². The third-order valence-corrected chi connectivity index (χ3v) is 8.04. The van der Waals surface area contributed by atoms with Gasteiger partial charge in [-0.1, -0.05) is 20.3 Å². The molecule has 0 aliphatic heterocycles. The van der Waals surface area contributed by atoms with Crippen molar-refractivity contribution in [2.75, 3.05) is 0 Å². The van der Waals surface area contributed by atoms with Gasteiger partial charge in [-0.15, -0.1) is 0 Å². The molecule has 0 atom stereocenters. The van der Waals surface area contributed by atoms with Crippen LogP contribution in [-0.2, 0) is 4.12 Å². The fraction of sp³-hybridized carbons (Fsp3) is 0.857. The van der Waals surface area contributed by atoms with E-state index in [9.17, 15) is 0 Å². The standard InChI is InChI=1S/C7H19OSi2/c1-5-7-9-8-10(3,4)6-2/h7H,5-6,9H2,1-4H3. The molecule has 0 aliphatic rings. The van der Waals surface area contributed by atoms with Crippen molar-refractivity contribution in [2.24, 2.45) is 0 Å². The van der Waals surface area contributed by atoms with Crippen molar-refractivity contribution in [1.29, 1.82) is 0 Å². The lowest BCUT2D eigenvalue weighted by atomic mass is 10.6. The molecule has 1 nitrogen and oxygen atoms in total. The van der Waals surface area contributed by atoms with Crippen molar-refractivity contribution in [1.82, 2.24) is 0 Å².